The molecule has 1 fully saturated rings. The third kappa shape index (κ3) is 5.67. The standard InChI is InChI=1S/C26H32N4O3/c1-33-18-26(14-5-6-15-26)27-16-7-4-13-23(31)28-20-10-8-9-19(17-20)24-21-11-2-3-12-22(21)25(32)30-29-24/h2-3,8-12,17,27H,4-7,13-16,18H2,1H3,(H,28,31)(H,30,32). The van der Waals surface area contributed by atoms with E-state index in [1.807, 2.05) is 42.5 Å². The number of nitrogens with one attached hydrogen (secondary N) is 3. The first-order valence-electron chi connectivity index (χ1n) is 11.7. The molecule has 33 heavy (non-hydrogen) atoms. The minimum atomic E-state index is -0.214. The number of anilines is 1. The largest absolute Gasteiger partial charge is 0.383 e. The van der Waals surface area contributed by atoms with E-state index in [-0.39, 0.29) is 17.0 Å². The number of H-pyrrole nitrogens is 1. The van der Waals surface area contributed by atoms with Gasteiger partial charge in [-0.2, -0.15) is 5.10 Å². The number of nitrogens with zero attached hydrogens (tertiary/aromatic N) is 1. The number of carbonyl (C=O) groups is 1. The fourth-order valence-corrected chi connectivity index (χ4v) is 4.77. The Morgan fingerprint density at radius 1 is 1.09 bits per heavy atom. The number of methoxy groups -OCH3 is 1. The number of hydrogen-bond donors (Lipinski definition) is 3. The summed E-state index contributed by atoms with van der Waals surface area (Å²) in [5.74, 6) is -0.00101. The fraction of sp³-hybridized carbons (Fsp3) is 0.423. The lowest BCUT2D eigenvalue weighted by Crippen LogP contribution is -2.47. The molecule has 0 aliphatic heterocycles. The Morgan fingerprint density at radius 3 is 2.67 bits per heavy atom. The second-order valence-electron chi connectivity index (χ2n) is 8.88. The van der Waals surface area contributed by atoms with Crippen molar-refractivity contribution in [3.05, 3.63) is 58.9 Å². The average Bonchev–Trinajstić information content (AvgIpc) is 3.28. The number of ether oxygens (including phenoxy) is 1. The molecule has 1 heterocycles. The quantitative estimate of drug-likeness (QED) is 0.403. The Hall–Kier alpha value is -3.03. The maximum atomic E-state index is 12.5. The summed E-state index contributed by atoms with van der Waals surface area (Å²) in [4.78, 5) is 24.5. The van der Waals surface area contributed by atoms with Crippen LogP contribution in [0.2, 0.25) is 0 Å². The van der Waals surface area contributed by atoms with Crippen LogP contribution in [0.1, 0.15) is 44.9 Å². The molecule has 0 radical (unpaired) electrons. The molecule has 0 unspecified atom stereocenters. The molecule has 1 aliphatic carbocycles. The summed E-state index contributed by atoms with van der Waals surface area (Å²) in [5.41, 5.74) is 2.15. The van der Waals surface area contributed by atoms with Gasteiger partial charge in [0.2, 0.25) is 5.91 Å². The highest BCUT2D eigenvalue weighted by atomic mass is 16.5. The molecule has 1 aliphatic rings. The molecule has 0 atom stereocenters. The Kier molecular flexibility index (Phi) is 7.52. The topological polar surface area (TPSA) is 96.1 Å². The summed E-state index contributed by atoms with van der Waals surface area (Å²) in [5, 5.41) is 14.9. The van der Waals surface area contributed by atoms with E-state index in [4.69, 9.17) is 4.74 Å². The monoisotopic (exact) mass is 448 g/mol. The Morgan fingerprint density at radius 2 is 1.88 bits per heavy atom. The number of fused-ring (bicyclic) bond motifs is 1. The third-order valence-corrected chi connectivity index (χ3v) is 6.43. The molecule has 7 nitrogen and oxygen atoms in total. The molecule has 2 aromatic carbocycles. The Balaban J connectivity index is 1.31. The minimum Gasteiger partial charge on any atom is -0.383 e. The summed E-state index contributed by atoms with van der Waals surface area (Å²) >= 11 is 0. The maximum absolute atomic E-state index is 12.5. The van der Waals surface area contributed by atoms with Crippen LogP contribution in [0, 0.1) is 0 Å². The smallest absolute Gasteiger partial charge is 0.272 e. The van der Waals surface area contributed by atoms with Crippen molar-refractivity contribution in [3.8, 4) is 11.3 Å². The maximum Gasteiger partial charge on any atom is 0.272 e. The van der Waals surface area contributed by atoms with Gasteiger partial charge in [0.25, 0.3) is 5.56 Å². The molecule has 3 N–H and O–H groups in total. The van der Waals surface area contributed by atoms with Gasteiger partial charge in [0.05, 0.1) is 17.7 Å². The number of aromatic amines is 1. The molecule has 1 amide bonds. The van der Waals surface area contributed by atoms with Crippen molar-refractivity contribution < 1.29 is 9.53 Å². The van der Waals surface area contributed by atoms with Crippen LogP contribution >= 0.6 is 0 Å². The summed E-state index contributed by atoms with van der Waals surface area (Å²) in [7, 11) is 1.76. The van der Waals surface area contributed by atoms with Crippen molar-refractivity contribution in [1.82, 2.24) is 15.5 Å². The van der Waals surface area contributed by atoms with Crippen molar-refractivity contribution in [3.63, 3.8) is 0 Å². The van der Waals surface area contributed by atoms with Gasteiger partial charge in [-0.15, -0.1) is 0 Å². The first kappa shape index (κ1) is 23.1. The van der Waals surface area contributed by atoms with Gasteiger partial charge in [0.1, 0.15) is 0 Å². The molecule has 174 valence electrons. The van der Waals surface area contributed by atoms with Crippen LogP contribution in [-0.4, -0.2) is 41.9 Å². The summed E-state index contributed by atoms with van der Waals surface area (Å²) < 4.78 is 5.41. The molecule has 3 aromatic rings. The van der Waals surface area contributed by atoms with Crippen molar-refractivity contribution in [2.75, 3.05) is 25.6 Å². The normalized spacial score (nSPS) is 15.1. The molecule has 4 rings (SSSR count). The summed E-state index contributed by atoms with van der Waals surface area (Å²) in [6, 6.07) is 14.9. The van der Waals surface area contributed by atoms with Gasteiger partial charge in [-0.1, -0.05) is 43.2 Å². The van der Waals surface area contributed by atoms with E-state index in [2.05, 4.69) is 20.8 Å². The molecule has 0 spiro atoms. The average molecular weight is 449 g/mol. The van der Waals surface area contributed by atoms with Crippen LogP contribution in [0.25, 0.3) is 22.0 Å². The van der Waals surface area contributed by atoms with E-state index in [0.717, 1.165) is 55.5 Å². The third-order valence-electron chi connectivity index (χ3n) is 6.43. The zero-order valence-corrected chi connectivity index (χ0v) is 19.2. The van der Waals surface area contributed by atoms with Crippen molar-refractivity contribution in [1.29, 1.82) is 0 Å². The van der Waals surface area contributed by atoms with Crippen LogP contribution in [-0.2, 0) is 9.53 Å². The zero-order chi connectivity index (χ0) is 23.1. The van der Waals surface area contributed by atoms with Crippen molar-refractivity contribution in [2.24, 2.45) is 0 Å². The Bertz CT molecular complexity index is 1150. The number of rotatable bonds is 10. The molecule has 1 aromatic heterocycles. The highest BCUT2D eigenvalue weighted by Gasteiger charge is 2.32. The van der Waals surface area contributed by atoms with Crippen LogP contribution in [0.5, 0.6) is 0 Å². The van der Waals surface area contributed by atoms with Gasteiger partial charge < -0.3 is 15.4 Å². The van der Waals surface area contributed by atoms with Crippen LogP contribution in [0.15, 0.2) is 53.3 Å². The number of carbonyl (C=O) groups excluding carboxylic acids is 1. The van der Waals surface area contributed by atoms with Crippen LogP contribution < -0.4 is 16.2 Å². The summed E-state index contributed by atoms with van der Waals surface area (Å²) in [6.45, 7) is 1.65. The zero-order valence-electron chi connectivity index (χ0n) is 19.2. The molecule has 0 bridgehead atoms. The fourth-order valence-electron chi connectivity index (χ4n) is 4.77. The van der Waals surface area contributed by atoms with E-state index >= 15 is 0 Å². The van der Waals surface area contributed by atoms with E-state index < -0.39 is 0 Å². The molecule has 7 heteroatoms. The van der Waals surface area contributed by atoms with Gasteiger partial charge in [-0.25, -0.2) is 5.10 Å². The highest BCUT2D eigenvalue weighted by molar-refractivity contribution is 5.95. The predicted molar refractivity (Wildman–Crippen MR) is 131 cm³/mol. The Labute approximate surface area is 193 Å². The minimum absolute atomic E-state index is 0.00101. The van der Waals surface area contributed by atoms with Crippen molar-refractivity contribution >= 4 is 22.4 Å². The summed E-state index contributed by atoms with van der Waals surface area (Å²) in [6.07, 6.45) is 7.08. The number of unbranched alkanes of at least 4 members (excludes halogenated alkanes) is 1. The molecule has 1 saturated carbocycles. The number of benzene rings is 2. The van der Waals surface area contributed by atoms with Crippen LogP contribution in [0.3, 0.4) is 0 Å². The number of hydrogen-bond acceptors (Lipinski definition) is 5. The van der Waals surface area contributed by atoms with Gasteiger partial charge in [0, 0.05) is 35.7 Å². The first-order valence-corrected chi connectivity index (χ1v) is 11.7. The number of aromatic nitrogens is 2. The lowest BCUT2D eigenvalue weighted by atomic mass is 9.98. The highest BCUT2D eigenvalue weighted by Crippen LogP contribution is 2.30. The lowest BCUT2D eigenvalue weighted by molar-refractivity contribution is -0.116. The lowest BCUT2D eigenvalue weighted by Gasteiger charge is -2.29. The predicted octanol–water partition coefficient (Wildman–Crippen LogP) is 4.25. The molecule has 0 saturated heterocycles. The van der Waals surface area contributed by atoms with Crippen LogP contribution in [0.4, 0.5) is 5.69 Å². The van der Waals surface area contributed by atoms with Gasteiger partial charge in [0.15, 0.2) is 0 Å². The van der Waals surface area contributed by atoms with Crippen molar-refractivity contribution in [2.45, 2.75) is 50.5 Å². The van der Waals surface area contributed by atoms with E-state index in [1.165, 1.54) is 12.8 Å². The second-order valence-corrected chi connectivity index (χ2v) is 8.88. The number of amides is 1. The van der Waals surface area contributed by atoms with E-state index in [9.17, 15) is 9.59 Å². The van der Waals surface area contributed by atoms with Gasteiger partial charge in [-0.05, 0) is 50.4 Å². The molecular formula is C26H32N4O3. The SMILES string of the molecule is COCC1(NCCCCC(=O)Nc2cccc(-c3n[nH]c(=O)c4ccccc34)c2)CCCC1. The van der Waals surface area contributed by atoms with Gasteiger partial charge >= 0.3 is 0 Å². The second kappa shape index (κ2) is 10.7. The molecular weight excluding hydrogens is 416 g/mol. The van der Waals surface area contributed by atoms with E-state index in [1.54, 1.807) is 13.2 Å². The first-order chi connectivity index (χ1) is 16.1. The van der Waals surface area contributed by atoms with E-state index in [0.29, 0.717) is 17.5 Å². The van der Waals surface area contributed by atoms with Gasteiger partial charge in [-0.3, -0.25) is 9.59 Å².